The van der Waals surface area contributed by atoms with E-state index in [4.69, 9.17) is 10.8 Å². The third-order valence-corrected chi connectivity index (χ3v) is 4.69. The summed E-state index contributed by atoms with van der Waals surface area (Å²) in [5, 5.41) is 18.4. The molecule has 0 atom stereocenters. The third kappa shape index (κ3) is 6.59. The summed E-state index contributed by atoms with van der Waals surface area (Å²) in [5.74, 6) is 1.70. The Balaban J connectivity index is 0.000000302. The Morgan fingerprint density at radius 3 is 2.35 bits per heavy atom. The fourth-order valence-electron chi connectivity index (χ4n) is 2.95. The molecule has 0 saturated heterocycles. The number of nitrogens with zero attached hydrogens (tertiary/aromatic N) is 5. The molecular weight excluding hydrogens is 432 g/mol. The lowest BCUT2D eigenvalue weighted by Crippen LogP contribution is -2.21. The number of nitrogens with one attached hydrogen (secondary N) is 2. The second-order valence-corrected chi connectivity index (χ2v) is 7.60. The predicted octanol–water partition coefficient (Wildman–Crippen LogP) is 2.82. The van der Waals surface area contributed by atoms with Crippen LogP contribution in [-0.2, 0) is 6.42 Å². The minimum Gasteiger partial charge on any atom is -0.396 e. The molecule has 34 heavy (non-hydrogen) atoms. The lowest BCUT2D eigenvalue weighted by atomic mass is 10.2. The van der Waals surface area contributed by atoms with Gasteiger partial charge in [-0.15, -0.1) is 0 Å². The molecule has 0 spiro atoms. The van der Waals surface area contributed by atoms with Crippen LogP contribution in [0, 0.1) is 6.92 Å². The summed E-state index contributed by atoms with van der Waals surface area (Å²) in [6.45, 7) is 2.04. The number of nitrogens with two attached hydrogens (primary N) is 1. The number of rotatable bonds is 6. The highest BCUT2D eigenvalue weighted by Gasteiger charge is 2.12. The number of carbonyl (C=O) groups is 1. The highest BCUT2D eigenvalue weighted by molar-refractivity contribution is 5.94. The maximum atomic E-state index is 11.9. The Labute approximate surface area is 197 Å². The van der Waals surface area contributed by atoms with Crippen LogP contribution in [0.4, 0.5) is 17.5 Å². The molecule has 0 radical (unpaired) electrons. The molecule has 0 aliphatic carbocycles. The third-order valence-electron chi connectivity index (χ3n) is 4.69. The van der Waals surface area contributed by atoms with Crippen molar-refractivity contribution in [3.05, 3.63) is 77.7 Å². The highest BCUT2D eigenvalue weighted by atomic mass is 16.3. The van der Waals surface area contributed by atoms with Gasteiger partial charge in [-0.25, -0.2) is 9.97 Å². The number of aliphatic hydroxyl groups excluding tert-OH is 1. The van der Waals surface area contributed by atoms with E-state index in [0.717, 1.165) is 12.1 Å². The molecule has 2 aromatic heterocycles. The normalized spacial score (nSPS) is 10.2. The lowest BCUT2D eigenvalue weighted by Gasteiger charge is -2.11. The molecular formula is C24H28N8O2. The quantitative estimate of drug-likeness (QED) is 0.344. The number of hydrogen-bond acceptors (Lipinski definition) is 8. The van der Waals surface area contributed by atoms with Gasteiger partial charge >= 0.3 is 0 Å². The molecule has 4 rings (SSSR count). The zero-order chi connectivity index (χ0) is 24.5. The van der Waals surface area contributed by atoms with E-state index >= 15 is 0 Å². The summed E-state index contributed by atoms with van der Waals surface area (Å²) in [6.07, 6.45) is 2.33. The monoisotopic (exact) mass is 460 g/mol. The molecule has 0 fully saturated rings. The Morgan fingerprint density at radius 1 is 1.09 bits per heavy atom. The number of amides is 1. The van der Waals surface area contributed by atoms with Gasteiger partial charge in [-0.1, -0.05) is 30.3 Å². The molecule has 10 nitrogen and oxygen atoms in total. The van der Waals surface area contributed by atoms with E-state index in [0.29, 0.717) is 28.7 Å². The van der Waals surface area contributed by atoms with Crippen molar-refractivity contribution in [3.8, 4) is 11.4 Å². The number of nitrogen functional groups attached to an aromatic ring is 1. The standard InChI is InChI=1S/C16H18N8O.C8H10O/c1-9-19-14(23-22-9)12-8-18-16(21-13(12)17)20-11-6-4-10(5-7-11)15(25)24(2)3;9-7-6-8-4-2-1-3-5-8/h4-8H,1-3H3,(H,19,22,23)(H3,17,18,20,21);1-5,9H,6-7H2. The van der Waals surface area contributed by atoms with Crippen molar-refractivity contribution in [3.63, 3.8) is 0 Å². The van der Waals surface area contributed by atoms with Gasteiger partial charge in [-0.2, -0.15) is 10.1 Å². The molecule has 4 aromatic rings. The van der Waals surface area contributed by atoms with Gasteiger partial charge in [0.25, 0.3) is 5.91 Å². The molecule has 2 aromatic carbocycles. The van der Waals surface area contributed by atoms with Crippen molar-refractivity contribution in [2.24, 2.45) is 0 Å². The van der Waals surface area contributed by atoms with Gasteiger partial charge in [0.15, 0.2) is 5.82 Å². The first-order chi connectivity index (χ1) is 16.4. The van der Waals surface area contributed by atoms with E-state index in [2.05, 4.69) is 30.5 Å². The maximum absolute atomic E-state index is 11.9. The summed E-state index contributed by atoms with van der Waals surface area (Å²) >= 11 is 0. The molecule has 0 bridgehead atoms. The molecule has 2 heterocycles. The van der Waals surface area contributed by atoms with E-state index in [1.807, 2.05) is 30.3 Å². The number of hydrogen-bond donors (Lipinski definition) is 4. The van der Waals surface area contributed by atoms with Crippen molar-refractivity contribution in [1.29, 1.82) is 0 Å². The Bertz CT molecular complexity index is 1210. The first-order valence-corrected chi connectivity index (χ1v) is 10.6. The molecule has 176 valence electrons. The average Bonchev–Trinajstić information content (AvgIpc) is 3.26. The first kappa shape index (κ1) is 24.3. The van der Waals surface area contributed by atoms with Crippen LogP contribution in [0.5, 0.6) is 0 Å². The SMILES string of the molecule is Cc1nc(-c2cnc(Nc3ccc(C(=O)N(C)C)cc3)nc2N)n[nH]1.OCCc1ccccc1. The van der Waals surface area contributed by atoms with Gasteiger partial charge < -0.3 is 21.1 Å². The van der Waals surface area contributed by atoms with Crippen LogP contribution in [0.25, 0.3) is 11.4 Å². The van der Waals surface area contributed by atoms with Gasteiger partial charge in [0.05, 0.1) is 5.56 Å². The first-order valence-electron chi connectivity index (χ1n) is 10.6. The molecule has 5 N–H and O–H groups in total. The van der Waals surface area contributed by atoms with E-state index < -0.39 is 0 Å². The molecule has 1 amide bonds. The Hall–Kier alpha value is -4.31. The summed E-state index contributed by atoms with van der Waals surface area (Å²) in [6, 6.07) is 17.0. The summed E-state index contributed by atoms with van der Waals surface area (Å²) < 4.78 is 0. The molecule has 0 unspecified atom stereocenters. The highest BCUT2D eigenvalue weighted by Crippen LogP contribution is 2.22. The number of benzene rings is 2. The Kier molecular flexibility index (Phi) is 8.25. The topological polar surface area (TPSA) is 146 Å². The largest absolute Gasteiger partial charge is 0.396 e. The van der Waals surface area contributed by atoms with Gasteiger partial charge in [-0.05, 0) is 43.2 Å². The summed E-state index contributed by atoms with van der Waals surface area (Å²) in [4.78, 5) is 26.1. The number of aliphatic hydroxyl groups is 1. The van der Waals surface area contributed by atoms with Crippen molar-refractivity contribution in [2.45, 2.75) is 13.3 Å². The van der Waals surface area contributed by atoms with Crippen LogP contribution in [0.3, 0.4) is 0 Å². The van der Waals surface area contributed by atoms with Gasteiger partial charge in [-0.3, -0.25) is 9.89 Å². The van der Waals surface area contributed by atoms with Crippen LogP contribution in [0.15, 0.2) is 60.8 Å². The average molecular weight is 461 g/mol. The number of carbonyl (C=O) groups excluding carboxylic acids is 1. The van der Waals surface area contributed by atoms with Crippen LogP contribution in [0.1, 0.15) is 21.7 Å². The fourth-order valence-corrected chi connectivity index (χ4v) is 2.95. The van der Waals surface area contributed by atoms with E-state index in [1.165, 1.54) is 10.5 Å². The van der Waals surface area contributed by atoms with Crippen LogP contribution in [-0.4, -0.2) is 61.8 Å². The van der Waals surface area contributed by atoms with Crippen molar-refractivity contribution >= 4 is 23.4 Å². The number of aromatic amines is 1. The van der Waals surface area contributed by atoms with E-state index in [-0.39, 0.29) is 18.3 Å². The second-order valence-electron chi connectivity index (χ2n) is 7.60. The van der Waals surface area contributed by atoms with Gasteiger partial charge in [0, 0.05) is 38.1 Å². The van der Waals surface area contributed by atoms with Crippen molar-refractivity contribution in [2.75, 3.05) is 31.8 Å². The van der Waals surface area contributed by atoms with Crippen LogP contribution >= 0.6 is 0 Å². The van der Waals surface area contributed by atoms with E-state index in [9.17, 15) is 4.79 Å². The number of anilines is 3. The van der Waals surface area contributed by atoms with Gasteiger partial charge in [0.2, 0.25) is 5.95 Å². The minimum absolute atomic E-state index is 0.0572. The summed E-state index contributed by atoms with van der Waals surface area (Å²) in [7, 11) is 3.42. The minimum atomic E-state index is -0.0572. The maximum Gasteiger partial charge on any atom is 0.253 e. The van der Waals surface area contributed by atoms with Crippen LogP contribution in [0.2, 0.25) is 0 Å². The molecule has 10 heteroatoms. The fraction of sp³-hybridized carbons (Fsp3) is 0.208. The van der Waals surface area contributed by atoms with Crippen LogP contribution < -0.4 is 11.1 Å². The van der Waals surface area contributed by atoms with Crippen molar-refractivity contribution in [1.82, 2.24) is 30.0 Å². The number of aromatic nitrogens is 5. The Morgan fingerprint density at radius 2 is 1.79 bits per heavy atom. The van der Waals surface area contributed by atoms with E-state index in [1.54, 1.807) is 51.5 Å². The molecule has 0 aliphatic rings. The smallest absolute Gasteiger partial charge is 0.253 e. The number of aryl methyl sites for hydroxylation is 1. The lowest BCUT2D eigenvalue weighted by molar-refractivity contribution is 0.0827. The zero-order valence-corrected chi connectivity index (χ0v) is 19.4. The molecule has 0 aliphatic heterocycles. The van der Waals surface area contributed by atoms with Gasteiger partial charge in [0.1, 0.15) is 11.6 Å². The zero-order valence-electron chi connectivity index (χ0n) is 19.4. The summed E-state index contributed by atoms with van der Waals surface area (Å²) in [5.41, 5.74) is 9.08. The van der Waals surface area contributed by atoms with Crippen molar-refractivity contribution < 1.29 is 9.90 Å². The second kappa shape index (κ2) is 11.5. The number of H-pyrrole nitrogens is 1. The predicted molar refractivity (Wildman–Crippen MR) is 132 cm³/mol. The molecule has 0 saturated carbocycles.